The molecular formula is C16H23NO4. The standard InChI is InChI=1S/C16H23NO4/c1-9-5-6-10-12(17(3)4)14(19)21-13(10)15(2)11(18)7-8-16(9,15)20/h7-10,12-13,20H,5-6H2,1-4H3/t9-,10-,12?,13+,15-,16+/m0/s1. The first kappa shape index (κ1) is 14.7. The maximum atomic E-state index is 12.5. The molecule has 5 nitrogen and oxygen atoms in total. The molecule has 5 heteroatoms. The number of esters is 1. The van der Waals surface area contributed by atoms with E-state index in [0.717, 1.165) is 12.8 Å². The SMILES string of the molecule is C[C@H]1CC[C@H]2C(N(C)C)C(=O)O[C@H]2[C@]2(C)C(=O)C=C[C@@]12O. The minimum absolute atomic E-state index is 0.0442. The molecule has 0 bridgehead atoms. The van der Waals surface area contributed by atoms with E-state index in [2.05, 4.69) is 0 Å². The number of hydrogen-bond donors (Lipinski definition) is 1. The van der Waals surface area contributed by atoms with Crippen LogP contribution in [0.25, 0.3) is 0 Å². The van der Waals surface area contributed by atoms with Gasteiger partial charge in [0.25, 0.3) is 0 Å². The van der Waals surface area contributed by atoms with Gasteiger partial charge in [-0.1, -0.05) is 6.92 Å². The largest absolute Gasteiger partial charge is 0.460 e. The molecule has 2 aliphatic carbocycles. The Balaban J connectivity index is 2.10. The fourth-order valence-electron chi connectivity index (χ4n) is 4.52. The molecule has 1 aliphatic heterocycles. The molecule has 1 N–H and O–H groups in total. The first-order valence-corrected chi connectivity index (χ1v) is 7.56. The van der Waals surface area contributed by atoms with Crippen LogP contribution in [0.3, 0.4) is 0 Å². The molecule has 0 aromatic carbocycles. The van der Waals surface area contributed by atoms with E-state index in [9.17, 15) is 14.7 Å². The molecule has 0 aromatic rings. The van der Waals surface area contributed by atoms with Gasteiger partial charge in [-0.3, -0.25) is 14.5 Å². The van der Waals surface area contributed by atoms with Crippen LogP contribution < -0.4 is 0 Å². The molecule has 0 amide bonds. The summed E-state index contributed by atoms with van der Waals surface area (Å²) in [5.41, 5.74) is -2.31. The van der Waals surface area contributed by atoms with Gasteiger partial charge in [0.1, 0.15) is 17.7 Å². The molecule has 6 atom stereocenters. The van der Waals surface area contributed by atoms with E-state index in [0.29, 0.717) is 0 Å². The Hall–Kier alpha value is -1.20. The van der Waals surface area contributed by atoms with Gasteiger partial charge in [0.15, 0.2) is 5.78 Å². The van der Waals surface area contributed by atoms with Crippen molar-refractivity contribution in [1.29, 1.82) is 0 Å². The number of nitrogens with zero attached hydrogens (tertiary/aromatic N) is 1. The molecule has 0 radical (unpaired) electrons. The third-order valence-corrected chi connectivity index (χ3v) is 5.92. The molecule has 21 heavy (non-hydrogen) atoms. The highest BCUT2D eigenvalue weighted by molar-refractivity contribution is 6.00. The Bertz CT molecular complexity index is 528. The maximum absolute atomic E-state index is 12.5. The van der Waals surface area contributed by atoms with E-state index in [1.54, 1.807) is 13.0 Å². The topological polar surface area (TPSA) is 66.8 Å². The highest BCUT2D eigenvalue weighted by Crippen LogP contribution is 2.55. The Labute approximate surface area is 124 Å². The first-order valence-electron chi connectivity index (χ1n) is 7.56. The Morgan fingerprint density at radius 1 is 1.33 bits per heavy atom. The first-order chi connectivity index (χ1) is 9.73. The van der Waals surface area contributed by atoms with Crippen molar-refractivity contribution in [2.45, 2.75) is 44.4 Å². The zero-order chi connectivity index (χ0) is 15.6. The van der Waals surface area contributed by atoms with Crippen molar-refractivity contribution in [2.24, 2.45) is 17.3 Å². The summed E-state index contributed by atoms with van der Waals surface area (Å²) in [6.07, 6.45) is 4.05. The highest BCUT2D eigenvalue weighted by atomic mass is 16.6. The molecule has 1 unspecified atom stereocenters. The zero-order valence-electron chi connectivity index (χ0n) is 13.0. The Kier molecular flexibility index (Phi) is 3.08. The Morgan fingerprint density at radius 3 is 2.62 bits per heavy atom. The van der Waals surface area contributed by atoms with E-state index in [1.165, 1.54) is 6.08 Å². The van der Waals surface area contributed by atoms with Gasteiger partial charge in [-0.05, 0) is 51.9 Å². The molecule has 3 aliphatic rings. The number of carbonyl (C=O) groups excluding carboxylic acids is 2. The van der Waals surface area contributed by atoms with Gasteiger partial charge in [-0.15, -0.1) is 0 Å². The molecule has 1 saturated carbocycles. The van der Waals surface area contributed by atoms with E-state index in [1.807, 2.05) is 25.9 Å². The summed E-state index contributed by atoms with van der Waals surface area (Å²) in [7, 11) is 3.71. The van der Waals surface area contributed by atoms with Crippen molar-refractivity contribution in [1.82, 2.24) is 4.90 Å². The van der Waals surface area contributed by atoms with Crippen molar-refractivity contribution < 1.29 is 19.4 Å². The van der Waals surface area contributed by atoms with Crippen LogP contribution >= 0.6 is 0 Å². The lowest BCUT2D eigenvalue weighted by Gasteiger charge is -2.43. The van der Waals surface area contributed by atoms with Gasteiger partial charge in [-0.25, -0.2) is 0 Å². The average Bonchev–Trinajstić information content (AvgIpc) is 2.85. The molecule has 3 rings (SSSR count). The number of hydrogen-bond acceptors (Lipinski definition) is 5. The predicted octanol–water partition coefficient (Wildman–Crippen LogP) is 0.764. The van der Waals surface area contributed by atoms with Crippen molar-refractivity contribution in [2.75, 3.05) is 14.1 Å². The number of allylic oxidation sites excluding steroid dienone is 1. The molecule has 2 fully saturated rings. The molecule has 0 aromatic heterocycles. The lowest BCUT2D eigenvalue weighted by molar-refractivity contribution is -0.166. The summed E-state index contributed by atoms with van der Waals surface area (Å²) in [5, 5.41) is 11.1. The van der Waals surface area contributed by atoms with Gasteiger partial charge in [0.05, 0.1) is 5.41 Å². The summed E-state index contributed by atoms with van der Waals surface area (Å²) in [6.45, 7) is 3.72. The number of ether oxygens (including phenoxy) is 1. The third-order valence-electron chi connectivity index (χ3n) is 5.92. The number of carbonyl (C=O) groups is 2. The van der Waals surface area contributed by atoms with Crippen molar-refractivity contribution in [3.05, 3.63) is 12.2 Å². The van der Waals surface area contributed by atoms with Gasteiger partial charge < -0.3 is 9.84 Å². The van der Waals surface area contributed by atoms with Crippen molar-refractivity contribution in [3.8, 4) is 0 Å². The molecule has 116 valence electrons. The van der Waals surface area contributed by atoms with Crippen LogP contribution in [0.2, 0.25) is 0 Å². The van der Waals surface area contributed by atoms with Crippen LogP contribution in [0, 0.1) is 17.3 Å². The number of ketones is 1. The van der Waals surface area contributed by atoms with Crippen LogP contribution in [0.1, 0.15) is 26.7 Å². The summed E-state index contributed by atoms with van der Waals surface area (Å²) in [6, 6.07) is -0.338. The monoisotopic (exact) mass is 293 g/mol. The van der Waals surface area contributed by atoms with Gasteiger partial charge >= 0.3 is 5.97 Å². The molecule has 0 spiro atoms. The summed E-state index contributed by atoms with van der Waals surface area (Å²) < 4.78 is 5.62. The second-order valence-electron chi connectivity index (χ2n) is 7.13. The lowest BCUT2D eigenvalue weighted by atomic mass is 9.65. The molecule has 1 heterocycles. The Morgan fingerprint density at radius 2 is 2.00 bits per heavy atom. The van der Waals surface area contributed by atoms with Crippen LogP contribution in [0.5, 0.6) is 0 Å². The zero-order valence-corrected chi connectivity index (χ0v) is 13.0. The normalized spacial score (nSPS) is 49.0. The summed E-state index contributed by atoms with van der Waals surface area (Å²) in [5.74, 6) is -0.524. The van der Waals surface area contributed by atoms with Gasteiger partial charge in [0.2, 0.25) is 0 Å². The number of fused-ring (bicyclic) bond motifs is 3. The second-order valence-corrected chi connectivity index (χ2v) is 7.13. The van der Waals surface area contributed by atoms with E-state index < -0.39 is 17.1 Å². The van der Waals surface area contributed by atoms with E-state index in [-0.39, 0.29) is 29.6 Å². The fourth-order valence-corrected chi connectivity index (χ4v) is 4.52. The summed E-state index contributed by atoms with van der Waals surface area (Å²) in [4.78, 5) is 26.6. The quantitative estimate of drug-likeness (QED) is 0.723. The van der Waals surface area contributed by atoms with E-state index in [4.69, 9.17) is 4.74 Å². The highest BCUT2D eigenvalue weighted by Gasteiger charge is 2.67. The predicted molar refractivity (Wildman–Crippen MR) is 76.4 cm³/mol. The fraction of sp³-hybridized carbons (Fsp3) is 0.750. The average molecular weight is 293 g/mol. The van der Waals surface area contributed by atoms with Gasteiger partial charge in [-0.2, -0.15) is 0 Å². The van der Waals surface area contributed by atoms with Crippen LogP contribution in [0.15, 0.2) is 12.2 Å². The van der Waals surface area contributed by atoms with Crippen molar-refractivity contribution in [3.63, 3.8) is 0 Å². The smallest absolute Gasteiger partial charge is 0.324 e. The van der Waals surface area contributed by atoms with Crippen molar-refractivity contribution >= 4 is 11.8 Å². The number of aliphatic hydroxyl groups is 1. The number of rotatable bonds is 1. The maximum Gasteiger partial charge on any atom is 0.324 e. The third kappa shape index (κ3) is 1.64. The minimum atomic E-state index is -1.23. The lowest BCUT2D eigenvalue weighted by Crippen LogP contribution is -2.57. The van der Waals surface area contributed by atoms with Crippen LogP contribution in [-0.2, 0) is 14.3 Å². The van der Waals surface area contributed by atoms with Gasteiger partial charge in [0, 0.05) is 5.92 Å². The van der Waals surface area contributed by atoms with Crippen LogP contribution in [0.4, 0.5) is 0 Å². The number of likely N-dealkylation sites (N-methyl/N-ethyl adjacent to an activating group) is 1. The van der Waals surface area contributed by atoms with E-state index >= 15 is 0 Å². The molecule has 1 saturated heterocycles. The molecular weight excluding hydrogens is 270 g/mol. The summed E-state index contributed by atoms with van der Waals surface area (Å²) >= 11 is 0. The second kappa shape index (κ2) is 4.40. The van der Waals surface area contributed by atoms with Crippen LogP contribution in [-0.4, -0.2) is 53.6 Å². The minimum Gasteiger partial charge on any atom is -0.460 e.